The van der Waals surface area contributed by atoms with Crippen molar-refractivity contribution < 1.29 is 14.3 Å². The van der Waals surface area contributed by atoms with Gasteiger partial charge in [0.05, 0.1) is 19.1 Å². The lowest BCUT2D eigenvalue weighted by Crippen LogP contribution is -2.37. The van der Waals surface area contributed by atoms with Crippen LogP contribution in [0.2, 0.25) is 0 Å². The van der Waals surface area contributed by atoms with Crippen LogP contribution in [0.25, 0.3) is 21.9 Å². The van der Waals surface area contributed by atoms with Gasteiger partial charge in [0.1, 0.15) is 23.1 Å². The average Bonchev–Trinajstić information content (AvgIpc) is 3.07. The van der Waals surface area contributed by atoms with E-state index in [1.54, 1.807) is 6.33 Å². The number of H-pyrrole nitrogens is 1. The molecule has 1 saturated heterocycles. The highest BCUT2D eigenvalue weighted by Crippen LogP contribution is 2.33. The summed E-state index contributed by atoms with van der Waals surface area (Å²) in [5.74, 6) is 1.62. The number of hydrogen-bond acceptors (Lipinski definition) is 6. The van der Waals surface area contributed by atoms with Gasteiger partial charge in [-0.2, -0.15) is 0 Å². The largest absolute Gasteiger partial charge is 0.494 e. The first kappa shape index (κ1) is 17.6. The fourth-order valence-electron chi connectivity index (χ4n) is 3.74. The Hall–Kier alpha value is -2.83. The van der Waals surface area contributed by atoms with Gasteiger partial charge < -0.3 is 19.4 Å². The molecule has 0 unspecified atom stereocenters. The molecule has 0 spiro atoms. The van der Waals surface area contributed by atoms with E-state index < -0.39 is 0 Å². The van der Waals surface area contributed by atoms with E-state index in [-0.39, 0.29) is 11.9 Å². The molecule has 1 aliphatic rings. The quantitative estimate of drug-likeness (QED) is 0.696. The summed E-state index contributed by atoms with van der Waals surface area (Å²) < 4.78 is 10.8. The zero-order valence-electron chi connectivity index (χ0n) is 15.7. The lowest BCUT2D eigenvalue weighted by Gasteiger charge is -2.31. The molecule has 0 radical (unpaired) electrons. The fourth-order valence-corrected chi connectivity index (χ4v) is 3.74. The summed E-state index contributed by atoms with van der Waals surface area (Å²) in [4.78, 5) is 26.7. The number of aromatic amines is 1. The highest BCUT2D eigenvalue weighted by Gasteiger charge is 2.27. The minimum atomic E-state index is -0.0842. The predicted molar refractivity (Wildman–Crippen MR) is 104 cm³/mol. The van der Waals surface area contributed by atoms with E-state index in [0.29, 0.717) is 13.2 Å². The second-order valence-corrected chi connectivity index (χ2v) is 6.70. The number of carbonyl (C=O) groups excluding carboxylic acids is 1. The van der Waals surface area contributed by atoms with Crippen LogP contribution in [0.5, 0.6) is 5.75 Å². The van der Waals surface area contributed by atoms with Crippen molar-refractivity contribution in [3.8, 4) is 5.75 Å². The van der Waals surface area contributed by atoms with Crippen LogP contribution in [0.3, 0.4) is 0 Å². The summed E-state index contributed by atoms with van der Waals surface area (Å²) in [6, 6.07) is 5.99. The van der Waals surface area contributed by atoms with E-state index in [0.717, 1.165) is 59.4 Å². The molecule has 1 fully saturated rings. The number of nitrogens with zero attached hydrogens (tertiary/aromatic N) is 3. The van der Waals surface area contributed by atoms with Crippen molar-refractivity contribution in [3.05, 3.63) is 24.5 Å². The van der Waals surface area contributed by atoms with E-state index in [2.05, 4.69) is 19.9 Å². The minimum absolute atomic E-state index is 0.0185. The molecule has 0 atom stereocenters. The van der Waals surface area contributed by atoms with E-state index in [1.807, 2.05) is 32.0 Å². The molecule has 7 nitrogen and oxygen atoms in total. The Labute approximate surface area is 157 Å². The number of nitrogens with one attached hydrogen (secondary N) is 1. The van der Waals surface area contributed by atoms with Gasteiger partial charge in [0.2, 0.25) is 0 Å². The third kappa shape index (κ3) is 3.29. The van der Waals surface area contributed by atoms with Gasteiger partial charge in [-0.25, -0.2) is 9.97 Å². The summed E-state index contributed by atoms with van der Waals surface area (Å²) >= 11 is 0. The Morgan fingerprint density at radius 2 is 2.04 bits per heavy atom. The number of benzene rings is 1. The van der Waals surface area contributed by atoms with Crippen molar-refractivity contribution in [1.82, 2.24) is 15.0 Å². The summed E-state index contributed by atoms with van der Waals surface area (Å²) in [7, 11) is 0. The lowest BCUT2D eigenvalue weighted by molar-refractivity contribution is -0.148. The van der Waals surface area contributed by atoms with Crippen LogP contribution in [0.1, 0.15) is 26.7 Å². The smallest absolute Gasteiger partial charge is 0.309 e. The van der Waals surface area contributed by atoms with Crippen LogP contribution in [-0.4, -0.2) is 47.2 Å². The topological polar surface area (TPSA) is 80.3 Å². The Morgan fingerprint density at radius 1 is 1.22 bits per heavy atom. The number of hydrogen-bond donors (Lipinski definition) is 1. The number of rotatable bonds is 5. The van der Waals surface area contributed by atoms with Gasteiger partial charge in [-0.3, -0.25) is 4.79 Å². The molecule has 0 amide bonds. The molecule has 142 valence electrons. The average molecular weight is 368 g/mol. The molecule has 0 bridgehead atoms. The van der Waals surface area contributed by atoms with Gasteiger partial charge in [0.15, 0.2) is 5.82 Å². The van der Waals surface area contributed by atoms with Crippen molar-refractivity contribution in [1.29, 1.82) is 0 Å². The first-order valence-electron chi connectivity index (χ1n) is 9.52. The predicted octanol–water partition coefficient (Wildman–Crippen LogP) is 3.29. The second-order valence-electron chi connectivity index (χ2n) is 6.70. The number of ether oxygens (including phenoxy) is 2. The molecular formula is C20H24N4O3. The summed E-state index contributed by atoms with van der Waals surface area (Å²) in [6.45, 7) is 6.43. The number of fused-ring (bicyclic) bond motifs is 3. The van der Waals surface area contributed by atoms with Crippen LogP contribution >= 0.6 is 0 Å². The van der Waals surface area contributed by atoms with Crippen molar-refractivity contribution in [2.45, 2.75) is 26.7 Å². The monoisotopic (exact) mass is 368 g/mol. The molecule has 27 heavy (non-hydrogen) atoms. The highest BCUT2D eigenvalue weighted by molar-refractivity contribution is 6.08. The third-order valence-electron chi connectivity index (χ3n) is 5.06. The standard InChI is InChI=1S/C20H24N4O3/c1-3-26-14-5-6-16-15(11-14)17-18(23-16)19(22-12-21-17)24-9-7-13(8-10-24)20(25)27-4-2/h5-6,11-13,23H,3-4,7-10H2,1-2H3. The van der Waals surface area contributed by atoms with Crippen LogP contribution in [0, 0.1) is 5.92 Å². The molecule has 2 aromatic heterocycles. The molecule has 0 saturated carbocycles. The fraction of sp³-hybridized carbons (Fsp3) is 0.450. The van der Waals surface area contributed by atoms with Crippen molar-refractivity contribution >= 4 is 33.7 Å². The number of piperidine rings is 1. The van der Waals surface area contributed by atoms with Crippen molar-refractivity contribution in [3.63, 3.8) is 0 Å². The molecule has 7 heteroatoms. The summed E-state index contributed by atoms with van der Waals surface area (Å²) in [6.07, 6.45) is 3.16. The maximum atomic E-state index is 12.0. The maximum Gasteiger partial charge on any atom is 0.309 e. The van der Waals surface area contributed by atoms with Crippen LogP contribution in [-0.2, 0) is 9.53 Å². The minimum Gasteiger partial charge on any atom is -0.494 e. The number of esters is 1. The Morgan fingerprint density at radius 3 is 2.78 bits per heavy atom. The van der Waals surface area contributed by atoms with Gasteiger partial charge >= 0.3 is 5.97 Å². The van der Waals surface area contributed by atoms with Crippen LogP contribution in [0.4, 0.5) is 5.82 Å². The van der Waals surface area contributed by atoms with Gasteiger partial charge in [0.25, 0.3) is 0 Å². The zero-order chi connectivity index (χ0) is 18.8. The van der Waals surface area contributed by atoms with E-state index in [4.69, 9.17) is 9.47 Å². The third-order valence-corrected chi connectivity index (χ3v) is 5.06. The SMILES string of the molecule is CCOC(=O)C1CCN(c2ncnc3c2[nH]c2ccc(OCC)cc23)CC1. The van der Waals surface area contributed by atoms with Crippen LogP contribution in [0.15, 0.2) is 24.5 Å². The Bertz CT molecular complexity index is 960. The number of anilines is 1. The zero-order valence-corrected chi connectivity index (χ0v) is 15.7. The summed E-state index contributed by atoms with van der Waals surface area (Å²) in [5, 5.41) is 1.03. The van der Waals surface area contributed by atoms with Gasteiger partial charge in [-0.05, 0) is 44.9 Å². The van der Waals surface area contributed by atoms with E-state index >= 15 is 0 Å². The van der Waals surface area contributed by atoms with E-state index in [1.165, 1.54) is 0 Å². The van der Waals surface area contributed by atoms with Gasteiger partial charge in [-0.1, -0.05) is 0 Å². The summed E-state index contributed by atoms with van der Waals surface area (Å²) in [5.41, 5.74) is 2.83. The highest BCUT2D eigenvalue weighted by atomic mass is 16.5. The molecule has 0 aliphatic carbocycles. The van der Waals surface area contributed by atoms with Crippen molar-refractivity contribution in [2.24, 2.45) is 5.92 Å². The molecule has 1 N–H and O–H groups in total. The first-order valence-corrected chi connectivity index (χ1v) is 9.52. The van der Waals surface area contributed by atoms with Gasteiger partial charge in [0, 0.05) is 24.0 Å². The second kappa shape index (κ2) is 7.42. The molecule has 3 heterocycles. The normalized spacial score (nSPS) is 15.4. The van der Waals surface area contributed by atoms with Crippen molar-refractivity contribution in [2.75, 3.05) is 31.2 Å². The number of aromatic nitrogens is 3. The van der Waals surface area contributed by atoms with E-state index in [9.17, 15) is 4.79 Å². The molecule has 1 aliphatic heterocycles. The molecule has 1 aromatic carbocycles. The first-order chi connectivity index (χ1) is 13.2. The Kier molecular flexibility index (Phi) is 4.83. The molecular weight excluding hydrogens is 344 g/mol. The molecule has 4 rings (SSSR count). The number of carbonyl (C=O) groups is 1. The Balaban J connectivity index is 1.63. The van der Waals surface area contributed by atoms with Crippen LogP contribution < -0.4 is 9.64 Å². The lowest BCUT2D eigenvalue weighted by atomic mass is 9.97. The molecule has 3 aromatic rings. The maximum absolute atomic E-state index is 12.0. The van der Waals surface area contributed by atoms with Gasteiger partial charge in [-0.15, -0.1) is 0 Å².